The van der Waals surface area contributed by atoms with Crippen LogP contribution in [0.15, 0.2) is 36.5 Å². The standard InChI is InChI=1S/C21H28N4O3S/c1-16(2)13-29(26,27)25-9-8-21(14-25)15-28-12-18-11-23-20(24-19(18)21)22-10-17-6-4-3-5-7-17/h3-7,11,16H,8-10,12-15H2,1-2H3,(H,22,23,24). The Labute approximate surface area is 172 Å². The van der Waals surface area contributed by atoms with Gasteiger partial charge in [-0.25, -0.2) is 22.7 Å². The highest BCUT2D eigenvalue weighted by Crippen LogP contribution is 2.40. The molecule has 7 nitrogen and oxygen atoms in total. The number of rotatable bonds is 6. The lowest BCUT2D eigenvalue weighted by Gasteiger charge is -2.34. The lowest BCUT2D eigenvalue weighted by atomic mass is 9.81. The molecule has 29 heavy (non-hydrogen) atoms. The average Bonchev–Trinajstić information content (AvgIpc) is 3.12. The molecule has 1 aromatic heterocycles. The molecule has 1 atom stereocenters. The number of hydrogen-bond donors (Lipinski definition) is 1. The maximum atomic E-state index is 12.7. The molecule has 3 heterocycles. The summed E-state index contributed by atoms with van der Waals surface area (Å²) in [6.07, 6.45) is 2.52. The first-order chi connectivity index (χ1) is 13.9. The summed E-state index contributed by atoms with van der Waals surface area (Å²) in [5, 5.41) is 3.29. The molecule has 1 N–H and O–H groups in total. The summed E-state index contributed by atoms with van der Waals surface area (Å²) in [5.41, 5.74) is 2.63. The van der Waals surface area contributed by atoms with E-state index in [1.54, 1.807) is 4.31 Å². The molecule has 1 fully saturated rings. The Hall–Kier alpha value is -2.03. The summed E-state index contributed by atoms with van der Waals surface area (Å²) in [7, 11) is -3.27. The Bertz CT molecular complexity index is 965. The van der Waals surface area contributed by atoms with E-state index in [-0.39, 0.29) is 11.7 Å². The van der Waals surface area contributed by atoms with Gasteiger partial charge in [0, 0.05) is 31.4 Å². The van der Waals surface area contributed by atoms with Gasteiger partial charge >= 0.3 is 0 Å². The first-order valence-corrected chi connectivity index (χ1v) is 11.7. The third-order valence-electron chi connectivity index (χ3n) is 5.55. The molecule has 0 amide bonds. The highest BCUT2D eigenvalue weighted by molar-refractivity contribution is 7.89. The topological polar surface area (TPSA) is 84.4 Å². The van der Waals surface area contributed by atoms with Crippen molar-refractivity contribution in [2.45, 2.75) is 38.8 Å². The van der Waals surface area contributed by atoms with Crippen molar-refractivity contribution in [1.82, 2.24) is 14.3 Å². The van der Waals surface area contributed by atoms with E-state index in [0.29, 0.717) is 45.2 Å². The van der Waals surface area contributed by atoms with E-state index in [1.807, 2.05) is 38.2 Å². The van der Waals surface area contributed by atoms with Crippen LogP contribution in [0.2, 0.25) is 0 Å². The minimum Gasteiger partial charge on any atom is -0.376 e. The van der Waals surface area contributed by atoms with Crippen molar-refractivity contribution >= 4 is 16.0 Å². The van der Waals surface area contributed by atoms with Gasteiger partial charge in [0.1, 0.15) is 0 Å². The van der Waals surface area contributed by atoms with E-state index in [1.165, 1.54) is 0 Å². The third kappa shape index (κ3) is 4.29. The largest absolute Gasteiger partial charge is 0.376 e. The number of aromatic nitrogens is 2. The van der Waals surface area contributed by atoms with Crippen LogP contribution in [-0.2, 0) is 33.3 Å². The molecule has 0 radical (unpaired) electrons. The predicted molar refractivity (Wildman–Crippen MR) is 112 cm³/mol. The van der Waals surface area contributed by atoms with Gasteiger partial charge in [0.15, 0.2) is 0 Å². The Morgan fingerprint density at radius 1 is 1.28 bits per heavy atom. The van der Waals surface area contributed by atoms with Gasteiger partial charge in [0.05, 0.1) is 30.1 Å². The summed E-state index contributed by atoms with van der Waals surface area (Å²) >= 11 is 0. The van der Waals surface area contributed by atoms with Crippen LogP contribution in [0.1, 0.15) is 37.1 Å². The van der Waals surface area contributed by atoms with Crippen LogP contribution in [0.5, 0.6) is 0 Å². The highest BCUT2D eigenvalue weighted by atomic mass is 32.2. The van der Waals surface area contributed by atoms with Crippen LogP contribution in [0.25, 0.3) is 0 Å². The molecule has 1 aromatic carbocycles. The lowest BCUT2D eigenvalue weighted by Crippen LogP contribution is -2.42. The molecule has 2 aromatic rings. The van der Waals surface area contributed by atoms with Crippen molar-refractivity contribution in [3.8, 4) is 0 Å². The van der Waals surface area contributed by atoms with Crippen LogP contribution < -0.4 is 5.32 Å². The van der Waals surface area contributed by atoms with Gasteiger partial charge in [-0.1, -0.05) is 44.2 Å². The summed E-state index contributed by atoms with van der Waals surface area (Å²) in [5.74, 6) is 0.838. The summed E-state index contributed by atoms with van der Waals surface area (Å²) in [4.78, 5) is 9.25. The molecule has 0 aliphatic carbocycles. The van der Waals surface area contributed by atoms with E-state index < -0.39 is 15.4 Å². The molecule has 1 spiro atoms. The van der Waals surface area contributed by atoms with E-state index in [0.717, 1.165) is 16.8 Å². The van der Waals surface area contributed by atoms with Crippen molar-refractivity contribution in [3.05, 3.63) is 53.3 Å². The minimum atomic E-state index is -3.27. The Balaban J connectivity index is 1.56. The van der Waals surface area contributed by atoms with Crippen molar-refractivity contribution in [1.29, 1.82) is 0 Å². The monoisotopic (exact) mass is 416 g/mol. The quantitative estimate of drug-likeness (QED) is 0.779. The van der Waals surface area contributed by atoms with Gasteiger partial charge in [-0.2, -0.15) is 0 Å². The van der Waals surface area contributed by atoms with Crippen molar-refractivity contribution in [2.24, 2.45) is 5.92 Å². The van der Waals surface area contributed by atoms with Gasteiger partial charge in [0.25, 0.3) is 0 Å². The van der Waals surface area contributed by atoms with Crippen molar-refractivity contribution < 1.29 is 13.2 Å². The number of sulfonamides is 1. The van der Waals surface area contributed by atoms with Crippen molar-refractivity contribution in [2.75, 3.05) is 30.8 Å². The Morgan fingerprint density at radius 3 is 2.83 bits per heavy atom. The molecule has 1 saturated heterocycles. The number of benzene rings is 1. The van der Waals surface area contributed by atoms with E-state index in [4.69, 9.17) is 9.72 Å². The molecule has 1 unspecified atom stereocenters. The molecule has 4 rings (SSSR count). The van der Waals surface area contributed by atoms with E-state index in [9.17, 15) is 8.42 Å². The Morgan fingerprint density at radius 2 is 2.07 bits per heavy atom. The molecule has 8 heteroatoms. The second-order valence-corrected chi connectivity index (χ2v) is 10.4. The average molecular weight is 417 g/mol. The van der Waals surface area contributed by atoms with Crippen LogP contribution in [0.4, 0.5) is 5.95 Å². The molecule has 2 aliphatic rings. The minimum absolute atomic E-state index is 0.0996. The number of anilines is 1. The first kappa shape index (κ1) is 20.3. The van der Waals surface area contributed by atoms with Crippen molar-refractivity contribution in [3.63, 3.8) is 0 Å². The Kier molecular flexibility index (Phi) is 5.59. The maximum absolute atomic E-state index is 12.7. The SMILES string of the molecule is CC(C)CS(=O)(=O)N1CCC2(COCc3cnc(NCc4ccccc4)nc32)C1. The zero-order valence-corrected chi connectivity index (χ0v) is 17.8. The predicted octanol–water partition coefficient (Wildman–Crippen LogP) is 2.55. The summed E-state index contributed by atoms with van der Waals surface area (Å²) in [6.45, 7) is 6.38. The lowest BCUT2D eigenvalue weighted by molar-refractivity contribution is 0.0532. The fraction of sp³-hybridized carbons (Fsp3) is 0.524. The zero-order chi connectivity index (χ0) is 20.5. The number of nitrogens with zero attached hydrogens (tertiary/aromatic N) is 3. The number of ether oxygens (including phenoxy) is 1. The number of fused-ring (bicyclic) bond motifs is 2. The van der Waals surface area contributed by atoms with Gasteiger partial charge in [0.2, 0.25) is 16.0 Å². The highest BCUT2D eigenvalue weighted by Gasteiger charge is 2.48. The van der Waals surface area contributed by atoms with Gasteiger partial charge in [-0.3, -0.25) is 0 Å². The van der Waals surface area contributed by atoms with Gasteiger partial charge in [-0.05, 0) is 17.9 Å². The zero-order valence-electron chi connectivity index (χ0n) is 17.0. The fourth-order valence-corrected chi connectivity index (χ4v) is 6.03. The van der Waals surface area contributed by atoms with Gasteiger partial charge in [-0.15, -0.1) is 0 Å². The summed E-state index contributed by atoms with van der Waals surface area (Å²) in [6, 6.07) is 10.1. The molecule has 156 valence electrons. The molecular weight excluding hydrogens is 388 g/mol. The van der Waals surface area contributed by atoms with Gasteiger partial charge < -0.3 is 10.1 Å². The normalized spacial score (nSPS) is 22.2. The second kappa shape index (κ2) is 8.01. The second-order valence-electron chi connectivity index (χ2n) is 8.44. The van der Waals surface area contributed by atoms with Crippen LogP contribution in [-0.4, -0.2) is 48.1 Å². The third-order valence-corrected chi connectivity index (χ3v) is 7.74. The number of hydrogen-bond acceptors (Lipinski definition) is 6. The molecule has 2 aliphatic heterocycles. The van der Waals surface area contributed by atoms with Crippen LogP contribution in [0, 0.1) is 5.92 Å². The summed E-state index contributed by atoms with van der Waals surface area (Å²) < 4.78 is 32.9. The van der Waals surface area contributed by atoms with Crippen LogP contribution >= 0.6 is 0 Å². The molecular formula is C21H28N4O3S. The first-order valence-electron chi connectivity index (χ1n) is 10.1. The molecule has 0 saturated carbocycles. The number of nitrogens with one attached hydrogen (secondary N) is 1. The van der Waals surface area contributed by atoms with E-state index >= 15 is 0 Å². The van der Waals surface area contributed by atoms with Crippen LogP contribution in [0.3, 0.4) is 0 Å². The fourth-order valence-electron chi connectivity index (χ4n) is 4.17. The smallest absolute Gasteiger partial charge is 0.223 e. The van der Waals surface area contributed by atoms with E-state index in [2.05, 4.69) is 22.4 Å². The maximum Gasteiger partial charge on any atom is 0.223 e. The molecule has 0 bridgehead atoms.